The second-order valence-corrected chi connectivity index (χ2v) is 6.90. The number of nitrogen functional groups attached to an aromatic ring is 2. The van der Waals surface area contributed by atoms with Gasteiger partial charge in [-0.15, -0.1) is 11.8 Å². The number of benzene rings is 3. The summed E-state index contributed by atoms with van der Waals surface area (Å²) < 4.78 is 0. The first-order chi connectivity index (χ1) is 12.6. The third kappa shape index (κ3) is 3.78. The molecule has 3 aromatic rings. The van der Waals surface area contributed by atoms with Crippen LogP contribution in [-0.4, -0.2) is 11.9 Å². The lowest BCUT2D eigenvalue weighted by molar-refractivity contribution is 1.36. The molecule has 0 saturated carbocycles. The molecule has 0 aromatic heterocycles. The first-order valence-electron chi connectivity index (χ1n) is 8.14. The van der Waals surface area contributed by atoms with Crippen LogP contribution in [0.2, 0.25) is 0 Å². The fourth-order valence-electron chi connectivity index (χ4n) is 2.68. The van der Waals surface area contributed by atoms with Gasteiger partial charge in [0.15, 0.2) is 0 Å². The Hall–Kier alpha value is -3.05. The van der Waals surface area contributed by atoms with Gasteiger partial charge in [-0.1, -0.05) is 36.4 Å². The molecule has 130 valence electrons. The molecule has 0 radical (unpaired) electrons. The van der Waals surface area contributed by atoms with Gasteiger partial charge in [-0.3, -0.25) is 5.41 Å². The summed E-state index contributed by atoms with van der Waals surface area (Å²) in [4.78, 5) is 1.15. The molecule has 3 rings (SSSR count). The molecule has 6 N–H and O–H groups in total. The molecule has 0 fully saturated rings. The predicted octanol–water partition coefficient (Wildman–Crippen LogP) is 4.56. The largest absolute Gasteiger partial charge is 0.398 e. The highest BCUT2D eigenvalue weighted by molar-refractivity contribution is 7.98. The Bertz CT molecular complexity index is 951. The number of hydrogen-bond donors (Lipinski definition) is 4. The van der Waals surface area contributed by atoms with Crippen molar-refractivity contribution in [3.63, 3.8) is 0 Å². The van der Waals surface area contributed by atoms with E-state index >= 15 is 0 Å². The van der Waals surface area contributed by atoms with Gasteiger partial charge < -0.3 is 16.9 Å². The molecular formula is C21H20N4S. The number of hydrogen-bond acceptors (Lipinski definition) is 5. The van der Waals surface area contributed by atoms with E-state index in [0.29, 0.717) is 39.5 Å². The quantitative estimate of drug-likeness (QED) is 0.294. The zero-order chi connectivity index (χ0) is 18.5. The summed E-state index contributed by atoms with van der Waals surface area (Å²) in [5.41, 5.74) is 16.6. The third-order valence-electron chi connectivity index (χ3n) is 4.11. The predicted molar refractivity (Wildman–Crippen MR) is 112 cm³/mol. The topological polar surface area (TPSA) is 99.7 Å². The van der Waals surface area contributed by atoms with Gasteiger partial charge >= 0.3 is 0 Å². The van der Waals surface area contributed by atoms with E-state index in [1.165, 1.54) is 6.21 Å². The van der Waals surface area contributed by atoms with E-state index in [0.717, 1.165) is 10.5 Å². The highest BCUT2D eigenvalue weighted by Crippen LogP contribution is 2.29. The molecule has 0 bridgehead atoms. The van der Waals surface area contributed by atoms with Crippen molar-refractivity contribution in [3.05, 3.63) is 89.0 Å². The van der Waals surface area contributed by atoms with Crippen LogP contribution in [-0.2, 0) is 5.75 Å². The molecule has 0 unspecified atom stereocenters. The van der Waals surface area contributed by atoms with Gasteiger partial charge in [-0.05, 0) is 35.9 Å². The molecule has 26 heavy (non-hydrogen) atoms. The second kappa shape index (κ2) is 7.89. The number of nitrogens with two attached hydrogens (primary N) is 2. The Morgan fingerprint density at radius 3 is 2.35 bits per heavy atom. The maximum atomic E-state index is 8.54. The van der Waals surface area contributed by atoms with Gasteiger partial charge in [0.25, 0.3) is 0 Å². The third-order valence-corrected chi connectivity index (χ3v) is 5.17. The first-order valence-corrected chi connectivity index (χ1v) is 9.13. The normalized spacial score (nSPS) is 10.5. The van der Waals surface area contributed by atoms with Crippen LogP contribution in [0.3, 0.4) is 0 Å². The zero-order valence-electron chi connectivity index (χ0n) is 14.2. The van der Waals surface area contributed by atoms with Crippen LogP contribution >= 0.6 is 11.8 Å². The minimum atomic E-state index is 0.331. The molecule has 0 spiro atoms. The van der Waals surface area contributed by atoms with Crippen molar-refractivity contribution in [2.45, 2.75) is 10.6 Å². The van der Waals surface area contributed by atoms with Crippen molar-refractivity contribution < 1.29 is 0 Å². The summed E-state index contributed by atoms with van der Waals surface area (Å²) in [7, 11) is 0. The summed E-state index contributed by atoms with van der Waals surface area (Å²) in [5, 5.41) is 16.2. The van der Waals surface area contributed by atoms with Gasteiger partial charge in [0.1, 0.15) is 0 Å². The smallest absolute Gasteiger partial charge is 0.0705 e. The molecule has 3 aromatic carbocycles. The average Bonchev–Trinajstić information content (AvgIpc) is 2.68. The van der Waals surface area contributed by atoms with Crippen molar-refractivity contribution >= 4 is 35.1 Å². The maximum Gasteiger partial charge on any atom is 0.0705 e. The van der Waals surface area contributed by atoms with Crippen LogP contribution in [0.4, 0.5) is 11.4 Å². The summed E-state index contributed by atoms with van der Waals surface area (Å²) in [6.07, 6.45) is 1.23. The molecule has 4 nitrogen and oxygen atoms in total. The van der Waals surface area contributed by atoms with E-state index in [-0.39, 0.29) is 0 Å². The van der Waals surface area contributed by atoms with E-state index in [9.17, 15) is 0 Å². The van der Waals surface area contributed by atoms with Crippen molar-refractivity contribution in [2.75, 3.05) is 11.5 Å². The van der Waals surface area contributed by atoms with E-state index in [1.807, 2.05) is 42.5 Å². The molecule has 0 atom stereocenters. The van der Waals surface area contributed by atoms with E-state index in [2.05, 4.69) is 12.1 Å². The minimum absolute atomic E-state index is 0.331. The van der Waals surface area contributed by atoms with E-state index in [4.69, 9.17) is 22.3 Å². The highest BCUT2D eigenvalue weighted by atomic mass is 32.2. The fourth-order valence-corrected chi connectivity index (χ4v) is 3.59. The molecule has 0 aliphatic rings. The molecule has 5 heteroatoms. The van der Waals surface area contributed by atoms with Crippen molar-refractivity contribution in [2.24, 2.45) is 0 Å². The SMILES string of the molecule is N=Cc1cc(C(=N)c2ccccc2N)cc(CSc2ccccc2)c1N. The lowest BCUT2D eigenvalue weighted by atomic mass is 9.96. The number of para-hydroxylation sites is 1. The number of nitrogens with one attached hydrogen (secondary N) is 2. The summed E-state index contributed by atoms with van der Waals surface area (Å²) >= 11 is 1.68. The summed E-state index contributed by atoms with van der Waals surface area (Å²) in [5.74, 6) is 0.669. The van der Waals surface area contributed by atoms with Crippen LogP contribution in [0, 0.1) is 10.8 Å². The van der Waals surface area contributed by atoms with Crippen LogP contribution < -0.4 is 11.5 Å². The maximum absolute atomic E-state index is 8.54. The van der Waals surface area contributed by atoms with Gasteiger partial charge in [0.05, 0.1) is 5.71 Å². The van der Waals surface area contributed by atoms with Gasteiger partial charge in [-0.25, -0.2) is 0 Å². The van der Waals surface area contributed by atoms with E-state index < -0.39 is 0 Å². The number of rotatable bonds is 6. The van der Waals surface area contributed by atoms with Crippen LogP contribution in [0.25, 0.3) is 0 Å². The Balaban J connectivity index is 1.95. The zero-order valence-corrected chi connectivity index (χ0v) is 15.0. The van der Waals surface area contributed by atoms with Crippen LogP contribution in [0.5, 0.6) is 0 Å². The first kappa shape index (κ1) is 17.8. The fraction of sp³-hybridized carbons (Fsp3) is 0.0476. The van der Waals surface area contributed by atoms with E-state index in [1.54, 1.807) is 23.9 Å². The lowest BCUT2D eigenvalue weighted by Gasteiger charge is -2.14. The van der Waals surface area contributed by atoms with Gasteiger partial charge in [0, 0.05) is 44.9 Å². The Morgan fingerprint density at radius 2 is 1.65 bits per heavy atom. The lowest BCUT2D eigenvalue weighted by Crippen LogP contribution is -2.08. The molecule has 0 saturated heterocycles. The van der Waals surface area contributed by atoms with Gasteiger partial charge in [0.2, 0.25) is 0 Å². The van der Waals surface area contributed by atoms with Gasteiger partial charge in [-0.2, -0.15) is 0 Å². The highest BCUT2D eigenvalue weighted by Gasteiger charge is 2.13. The standard InChI is InChI=1S/C21H20N4S/c22-12-15-10-14(21(25)18-8-4-5-9-19(18)23)11-16(20(15)24)13-26-17-6-2-1-3-7-17/h1-12,22,25H,13,23-24H2. The van der Waals surface area contributed by atoms with Crippen LogP contribution in [0.15, 0.2) is 71.6 Å². The number of thioether (sulfide) groups is 1. The molecule has 0 aliphatic heterocycles. The molecule has 0 amide bonds. The molecular weight excluding hydrogens is 340 g/mol. The van der Waals surface area contributed by atoms with Crippen molar-refractivity contribution in [1.82, 2.24) is 0 Å². The minimum Gasteiger partial charge on any atom is -0.398 e. The monoisotopic (exact) mass is 360 g/mol. The molecule has 0 heterocycles. The summed E-state index contributed by atoms with van der Waals surface area (Å²) in [6.45, 7) is 0. The Labute approximate surface area is 157 Å². The second-order valence-electron chi connectivity index (χ2n) is 5.85. The van der Waals surface area contributed by atoms with Crippen molar-refractivity contribution in [3.8, 4) is 0 Å². The van der Waals surface area contributed by atoms with Crippen molar-refractivity contribution in [1.29, 1.82) is 10.8 Å². The summed E-state index contributed by atoms with van der Waals surface area (Å²) in [6, 6.07) is 21.1. The number of anilines is 2. The van der Waals surface area contributed by atoms with Crippen LogP contribution in [0.1, 0.15) is 22.3 Å². The molecule has 0 aliphatic carbocycles. The Kier molecular flexibility index (Phi) is 5.39. The Morgan fingerprint density at radius 1 is 0.962 bits per heavy atom. The average molecular weight is 360 g/mol.